The van der Waals surface area contributed by atoms with E-state index in [1.165, 1.54) is 140 Å². The first-order chi connectivity index (χ1) is 28.1. The van der Waals surface area contributed by atoms with Crippen LogP contribution in [0.5, 0.6) is 0 Å². The topological polar surface area (TPSA) is 69.6 Å². The average molecular weight is 803 g/mol. The number of quaternary nitrogens is 1. The van der Waals surface area contributed by atoms with Gasteiger partial charge < -0.3 is 19.8 Å². The molecule has 4 rings (SSSR count). The van der Waals surface area contributed by atoms with Crippen molar-refractivity contribution in [2.75, 3.05) is 32.1 Å². The monoisotopic (exact) mass is 803 g/mol. The molecule has 0 bridgehead atoms. The Hall–Kier alpha value is -3.62. The lowest BCUT2D eigenvalue weighted by Gasteiger charge is -2.48. The van der Waals surface area contributed by atoms with Crippen molar-refractivity contribution >= 4 is 17.5 Å². The van der Waals surface area contributed by atoms with Gasteiger partial charge in [-0.15, -0.1) is 0 Å². The molecule has 8 heteroatoms. The molecule has 1 saturated heterocycles. The molecular formula is C50H74F2N3O3+. The molecule has 2 amide bonds. The van der Waals surface area contributed by atoms with Crippen LogP contribution in [0.1, 0.15) is 171 Å². The van der Waals surface area contributed by atoms with Crippen molar-refractivity contribution in [3.05, 3.63) is 101 Å². The molecule has 1 aliphatic heterocycles. The molecule has 320 valence electrons. The summed E-state index contributed by atoms with van der Waals surface area (Å²) in [7, 11) is 4.80. The number of carbonyl (C=O) groups is 2. The number of aliphatic hydroxyl groups excluding tert-OH is 1. The maximum atomic E-state index is 13.7. The zero-order valence-corrected chi connectivity index (χ0v) is 36.0. The van der Waals surface area contributed by atoms with Gasteiger partial charge in [0.2, 0.25) is 11.8 Å². The zero-order chi connectivity index (χ0) is 41.6. The molecule has 3 aromatic rings. The first-order valence-corrected chi connectivity index (χ1v) is 22.8. The molecule has 1 heterocycles. The van der Waals surface area contributed by atoms with E-state index < -0.39 is 6.10 Å². The number of benzene rings is 3. The van der Waals surface area contributed by atoms with Gasteiger partial charge in [-0.05, 0) is 98.0 Å². The highest BCUT2D eigenvalue weighted by atomic mass is 19.1. The van der Waals surface area contributed by atoms with Gasteiger partial charge in [0.05, 0.1) is 45.2 Å². The van der Waals surface area contributed by atoms with Crippen LogP contribution in [0.2, 0.25) is 0 Å². The minimum absolute atomic E-state index is 0.0643. The van der Waals surface area contributed by atoms with E-state index in [0.29, 0.717) is 37.1 Å². The number of rotatable bonds is 30. The molecule has 1 aliphatic rings. The third-order valence-corrected chi connectivity index (χ3v) is 12.2. The summed E-state index contributed by atoms with van der Waals surface area (Å²) in [5.74, 6) is -1.12. The third kappa shape index (κ3) is 16.6. The van der Waals surface area contributed by atoms with Crippen molar-refractivity contribution in [3.63, 3.8) is 0 Å². The highest BCUT2D eigenvalue weighted by molar-refractivity contribution is 6.03. The summed E-state index contributed by atoms with van der Waals surface area (Å²) >= 11 is 0. The van der Waals surface area contributed by atoms with Crippen molar-refractivity contribution in [3.8, 4) is 0 Å². The van der Waals surface area contributed by atoms with Crippen LogP contribution in [0, 0.1) is 17.6 Å². The fourth-order valence-corrected chi connectivity index (χ4v) is 8.44. The van der Waals surface area contributed by atoms with Crippen molar-refractivity contribution in [2.24, 2.45) is 5.92 Å². The number of halogens is 2. The Labute approximate surface area is 349 Å². The molecule has 58 heavy (non-hydrogen) atoms. The Morgan fingerprint density at radius 1 is 0.690 bits per heavy atom. The van der Waals surface area contributed by atoms with Crippen molar-refractivity contribution in [1.82, 2.24) is 5.32 Å². The number of nitrogens with zero attached hydrogens (tertiary/aromatic N) is 2. The molecule has 0 aliphatic carbocycles. The van der Waals surface area contributed by atoms with E-state index in [0.717, 1.165) is 28.5 Å². The Balaban J connectivity index is 1.07. The number of nitrogens with one attached hydrogen (secondary N) is 1. The Bertz CT molecular complexity index is 1600. The van der Waals surface area contributed by atoms with Crippen molar-refractivity contribution < 1.29 is 28.0 Å². The molecule has 0 radical (unpaired) electrons. The maximum Gasteiger partial charge on any atom is 0.233 e. The highest BCUT2D eigenvalue weighted by Crippen LogP contribution is 2.46. The summed E-state index contributed by atoms with van der Waals surface area (Å²) in [5.41, 5.74) is 3.13. The van der Waals surface area contributed by atoms with Gasteiger partial charge in [0.25, 0.3) is 0 Å². The number of hydrogen-bond donors (Lipinski definition) is 2. The van der Waals surface area contributed by atoms with Gasteiger partial charge in [-0.25, -0.2) is 8.78 Å². The van der Waals surface area contributed by atoms with E-state index in [-0.39, 0.29) is 35.4 Å². The van der Waals surface area contributed by atoms with Crippen LogP contribution in [0.25, 0.3) is 0 Å². The van der Waals surface area contributed by atoms with E-state index in [1.54, 1.807) is 29.2 Å². The first-order valence-electron chi connectivity index (χ1n) is 22.8. The van der Waals surface area contributed by atoms with Crippen LogP contribution in [0.3, 0.4) is 0 Å². The number of hydrogen-bond acceptors (Lipinski definition) is 3. The molecular weight excluding hydrogens is 729 g/mol. The Morgan fingerprint density at radius 3 is 1.71 bits per heavy atom. The third-order valence-electron chi connectivity index (χ3n) is 12.2. The second-order valence-corrected chi connectivity index (χ2v) is 17.5. The SMILES string of the molecule is CCCCCCCCCCCC[N+](C)(C)CCCCCCCCCCC(=O)NCc1ccc(C2C(CCC(O)c3ccc(F)cc3)C(=O)N2c2ccc(F)cc2)cc1. The van der Waals surface area contributed by atoms with Gasteiger partial charge >= 0.3 is 0 Å². The van der Waals surface area contributed by atoms with Crippen LogP contribution in [0.15, 0.2) is 72.8 Å². The van der Waals surface area contributed by atoms with E-state index in [2.05, 4.69) is 26.3 Å². The van der Waals surface area contributed by atoms with Gasteiger partial charge in [-0.2, -0.15) is 0 Å². The minimum Gasteiger partial charge on any atom is -0.388 e. The van der Waals surface area contributed by atoms with E-state index in [4.69, 9.17) is 0 Å². The number of β-lactam (4-membered cyclic amide) rings is 1. The molecule has 3 aromatic carbocycles. The van der Waals surface area contributed by atoms with Crippen molar-refractivity contribution in [2.45, 2.75) is 160 Å². The lowest BCUT2D eigenvalue weighted by Crippen LogP contribution is -2.55. The summed E-state index contributed by atoms with van der Waals surface area (Å²) in [6.07, 6.45) is 24.1. The van der Waals surface area contributed by atoms with E-state index in [9.17, 15) is 23.5 Å². The van der Waals surface area contributed by atoms with Gasteiger partial charge in [0.1, 0.15) is 11.6 Å². The smallest absolute Gasteiger partial charge is 0.233 e. The van der Waals surface area contributed by atoms with Gasteiger partial charge in [-0.3, -0.25) is 9.59 Å². The standard InChI is InChI=1S/C50H73F2N3O3/c1-4-5-6-7-8-9-11-14-17-20-37-55(2,3)38-21-18-15-12-10-13-16-19-22-48(57)53-39-40-23-25-42(26-24-40)49-46(35-36-47(56)41-27-29-43(51)30-28-41)50(58)54(49)45-33-31-44(52)32-34-45/h23-34,46-47,49,56H,4-22,35-39H2,1-3H3/p+1. The van der Waals surface area contributed by atoms with E-state index >= 15 is 0 Å². The predicted molar refractivity (Wildman–Crippen MR) is 234 cm³/mol. The molecule has 2 N–H and O–H groups in total. The van der Waals surface area contributed by atoms with Gasteiger partial charge in [-0.1, -0.05) is 127 Å². The normalized spacial score (nSPS) is 16.0. The first kappa shape index (κ1) is 47.1. The molecule has 0 aromatic heterocycles. The summed E-state index contributed by atoms with van der Waals surface area (Å²) in [6.45, 7) is 5.30. The molecule has 6 nitrogen and oxygen atoms in total. The van der Waals surface area contributed by atoms with Crippen LogP contribution < -0.4 is 10.2 Å². The molecule has 0 saturated carbocycles. The number of amides is 2. The second-order valence-electron chi connectivity index (χ2n) is 17.5. The number of carbonyl (C=O) groups excluding carboxylic acids is 2. The zero-order valence-electron chi connectivity index (χ0n) is 36.0. The maximum absolute atomic E-state index is 13.7. The van der Waals surface area contributed by atoms with Crippen LogP contribution in [0.4, 0.5) is 14.5 Å². The van der Waals surface area contributed by atoms with Crippen LogP contribution >= 0.6 is 0 Å². The molecule has 3 atom stereocenters. The largest absolute Gasteiger partial charge is 0.388 e. The van der Waals surface area contributed by atoms with Crippen molar-refractivity contribution in [1.29, 1.82) is 0 Å². The van der Waals surface area contributed by atoms with Crippen LogP contribution in [-0.2, 0) is 16.1 Å². The Morgan fingerprint density at radius 2 is 1.17 bits per heavy atom. The Kier molecular flexibility index (Phi) is 20.9. The van der Waals surface area contributed by atoms with Gasteiger partial charge in [0, 0.05) is 18.7 Å². The number of aliphatic hydroxyl groups is 1. The minimum atomic E-state index is -0.819. The summed E-state index contributed by atoms with van der Waals surface area (Å²) < 4.78 is 28.3. The predicted octanol–water partition coefficient (Wildman–Crippen LogP) is 12.3. The molecule has 1 fully saturated rings. The number of anilines is 1. The fraction of sp³-hybridized carbons (Fsp3) is 0.600. The van der Waals surface area contributed by atoms with Gasteiger partial charge in [0.15, 0.2) is 0 Å². The second kappa shape index (κ2) is 25.8. The summed E-state index contributed by atoms with van der Waals surface area (Å²) in [6, 6.07) is 19.3. The van der Waals surface area contributed by atoms with Crippen LogP contribution in [-0.4, -0.2) is 48.6 Å². The fourth-order valence-electron chi connectivity index (χ4n) is 8.44. The summed E-state index contributed by atoms with van der Waals surface area (Å²) in [5, 5.41) is 13.8. The van der Waals surface area contributed by atoms with E-state index in [1.807, 2.05) is 24.3 Å². The average Bonchev–Trinajstić information content (AvgIpc) is 3.21. The lowest BCUT2D eigenvalue weighted by atomic mass is 9.78. The molecule has 3 unspecified atom stereocenters. The number of unbranched alkanes of at least 4 members (excludes halogenated alkanes) is 16. The summed E-state index contributed by atoms with van der Waals surface area (Å²) in [4.78, 5) is 27.7. The lowest BCUT2D eigenvalue weighted by molar-refractivity contribution is -0.890. The molecule has 0 spiro atoms. The highest BCUT2D eigenvalue weighted by Gasteiger charge is 2.48. The quantitative estimate of drug-likeness (QED) is 0.0401.